The van der Waals surface area contributed by atoms with E-state index in [1.165, 1.54) is 32.1 Å². The summed E-state index contributed by atoms with van der Waals surface area (Å²) in [4.78, 5) is 0. The Morgan fingerprint density at radius 3 is 2.26 bits per heavy atom. The predicted molar refractivity (Wildman–Crippen MR) is 89.5 cm³/mol. The minimum absolute atomic E-state index is 1.14. The summed E-state index contributed by atoms with van der Waals surface area (Å²) in [5, 5.41) is 1.73. The lowest BCUT2D eigenvalue weighted by Crippen LogP contribution is -2.23. The first kappa shape index (κ1) is 14.6. The van der Waals surface area contributed by atoms with Crippen molar-refractivity contribution in [1.29, 1.82) is 0 Å². The van der Waals surface area contributed by atoms with Crippen molar-refractivity contribution in [1.82, 2.24) is 0 Å². The Morgan fingerprint density at radius 2 is 1.68 bits per heavy atom. The van der Waals surface area contributed by atoms with Crippen LogP contribution in [0.5, 0.6) is 0 Å². The fourth-order valence-corrected chi connectivity index (χ4v) is 4.30. The molecule has 0 amide bonds. The molecule has 0 bridgehead atoms. The first-order chi connectivity index (χ1) is 8.95. The Morgan fingerprint density at radius 1 is 1.00 bits per heavy atom. The van der Waals surface area contributed by atoms with E-state index in [9.17, 15) is 0 Å². The Balaban J connectivity index is 2.41. The molecule has 0 aromatic heterocycles. The molecule has 0 heterocycles. The molecular formula is C18H28Si. The molecule has 19 heavy (non-hydrogen) atoms. The van der Waals surface area contributed by atoms with Gasteiger partial charge < -0.3 is 0 Å². The number of allylic oxidation sites excluding steroid dienone is 1. The first-order valence-electron chi connectivity index (χ1n) is 7.81. The summed E-state index contributed by atoms with van der Waals surface area (Å²) < 4.78 is 0. The largest absolute Gasteiger partial charge is 0.0761 e. The van der Waals surface area contributed by atoms with Gasteiger partial charge in [0, 0.05) is 0 Å². The lowest BCUT2D eigenvalue weighted by atomic mass is 9.95. The van der Waals surface area contributed by atoms with Crippen molar-refractivity contribution in [2.75, 3.05) is 0 Å². The Hall–Kier alpha value is -0.823. The van der Waals surface area contributed by atoms with E-state index in [0.29, 0.717) is 0 Å². The van der Waals surface area contributed by atoms with Crippen LogP contribution in [0.2, 0.25) is 19.6 Å². The summed E-state index contributed by atoms with van der Waals surface area (Å²) in [6, 6.07) is 4.94. The lowest BCUT2D eigenvalue weighted by molar-refractivity contribution is 0.890. The normalized spacial score (nSPS) is 14.5. The van der Waals surface area contributed by atoms with Gasteiger partial charge in [-0.1, -0.05) is 69.7 Å². The number of benzene rings is 1. The van der Waals surface area contributed by atoms with E-state index < -0.39 is 8.07 Å². The van der Waals surface area contributed by atoms with E-state index in [1.54, 1.807) is 27.5 Å². The van der Waals surface area contributed by atoms with Gasteiger partial charge >= 0.3 is 0 Å². The zero-order chi connectivity index (χ0) is 14.0. The molecule has 0 aliphatic heterocycles. The fraction of sp³-hybridized carbons (Fsp3) is 0.556. The zero-order valence-corrected chi connectivity index (χ0v) is 14.3. The summed E-state index contributed by atoms with van der Waals surface area (Å²) in [6.45, 7) is 12.0. The summed E-state index contributed by atoms with van der Waals surface area (Å²) in [7, 11) is -1.14. The molecule has 0 atom stereocenters. The van der Waals surface area contributed by atoms with Crippen molar-refractivity contribution < 1.29 is 0 Å². The molecule has 0 nitrogen and oxygen atoms in total. The highest BCUT2D eigenvalue weighted by molar-refractivity contribution is 6.83. The van der Waals surface area contributed by atoms with Gasteiger partial charge in [0.25, 0.3) is 0 Å². The van der Waals surface area contributed by atoms with Crippen molar-refractivity contribution in [3.05, 3.63) is 39.6 Å². The highest BCUT2D eigenvalue weighted by atomic mass is 28.3. The standard InChI is InChI=1S/C18H28Si/c1-6-8-14-10-15(9-7-2)18-13-17(19(3,4)5)12-16(18)11-14/h10-11,13H,6-9,12H2,1-5H3. The first-order valence-corrected chi connectivity index (χ1v) is 11.3. The molecule has 0 saturated carbocycles. The average molecular weight is 273 g/mol. The second kappa shape index (κ2) is 5.66. The van der Waals surface area contributed by atoms with Gasteiger partial charge in [-0.25, -0.2) is 0 Å². The van der Waals surface area contributed by atoms with Crippen molar-refractivity contribution in [3.8, 4) is 0 Å². The quantitative estimate of drug-likeness (QED) is 0.629. The van der Waals surface area contributed by atoms with Crippen LogP contribution in [0, 0.1) is 0 Å². The molecule has 0 unspecified atom stereocenters. The maximum Gasteiger partial charge on any atom is 0.0729 e. The molecular weight excluding hydrogens is 244 g/mol. The minimum atomic E-state index is -1.14. The second-order valence-corrected chi connectivity index (χ2v) is 12.1. The maximum absolute atomic E-state index is 2.53. The van der Waals surface area contributed by atoms with Gasteiger partial charge in [-0.15, -0.1) is 0 Å². The van der Waals surface area contributed by atoms with E-state index in [-0.39, 0.29) is 0 Å². The molecule has 104 valence electrons. The zero-order valence-electron chi connectivity index (χ0n) is 13.3. The van der Waals surface area contributed by atoms with Crippen LogP contribution < -0.4 is 0 Å². The van der Waals surface area contributed by atoms with Gasteiger partial charge in [0.05, 0.1) is 8.07 Å². The molecule has 1 aromatic carbocycles. The summed E-state index contributed by atoms with van der Waals surface area (Å²) in [6.07, 6.45) is 8.71. The predicted octanol–water partition coefficient (Wildman–Crippen LogP) is 5.41. The van der Waals surface area contributed by atoms with E-state index in [0.717, 1.165) is 0 Å². The fourth-order valence-electron chi connectivity index (χ4n) is 3.00. The van der Waals surface area contributed by atoms with Crippen LogP contribution in [0.3, 0.4) is 0 Å². The van der Waals surface area contributed by atoms with Crippen LogP contribution in [0.4, 0.5) is 0 Å². The monoisotopic (exact) mass is 272 g/mol. The van der Waals surface area contributed by atoms with Gasteiger partial charge in [0.2, 0.25) is 0 Å². The average Bonchev–Trinajstić information content (AvgIpc) is 2.73. The summed E-state index contributed by atoms with van der Waals surface area (Å²) in [5.74, 6) is 0. The smallest absolute Gasteiger partial charge is 0.0729 e. The third-order valence-corrected chi connectivity index (χ3v) is 6.38. The number of hydrogen-bond acceptors (Lipinski definition) is 0. The highest BCUT2D eigenvalue weighted by Crippen LogP contribution is 2.34. The van der Waals surface area contributed by atoms with Crippen molar-refractivity contribution >= 4 is 14.1 Å². The Bertz CT molecular complexity index is 489. The number of hydrogen-bond donors (Lipinski definition) is 0. The summed E-state index contributed by atoms with van der Waals surface area (Å²) in [5.41, 5.74) is 6.32. The molecule has 0 saturated heterocycles. The van der Waals surface area contributed by atoms with E-state index >= 15 is 0 Å². The van der Waals surface area contributed by atoms with Crippen LogP contribution in [-0.2, 0) is 19.3 Å². The van der Waals surface area contributed by atoms with Crippen molar-refractivity contribution in [2.45, 2.75) is 65.6 Å². The van der Waals surface area contributed by atoms with Crippen LogP contribution in [0.25, 0.3) is 6.08 Å². The molecule has 0 radical (unpaired) electrons. The maximum atomic E-state index is 2.53. The molecule has 1 aliphatic rings. The minimum Gasteiger partial charge on any atom is -0.0761 e. The van der Waals surface area contributed by atoms with Crippen LogP contribution >= 0.6 is 0 Å². The highest BCUT2D eigenvalue weighted by Gasteiger charge is 2.26. The van der Waals surface area contributed by atoms with Gasteiger partial charge in [-0.2, -0.15) is 0 Å². The van der Waals surface area contributed by atoms with Gasteiger partial charge in [0.1, 0.15) is 0 Å². The van der Waals surface area contributed by atoms with Crippen LogP contribution in [-0.4, -0.2) is 8.07 Å². The third-order valence-electron chi connectivity index (χ3n) is 4.13. The van der Waals surface area contributed by atoms with Gasteiger partial charge in [-0.05, 0) is 41.5 Å². The van der Waals surface area contributed by atoms with Crippen molar-refractivity contribution in [3.63, 3.8) is 0 Å². The van der Waals surface area contributed by atoms with E-state index in [2.05, 4.69) is 51.7 Å². The topological polar surface area (TPSA) is 0 Å². The third kappa shape index (κ3) is 3.20. The molecule has 1 aromatic rings. The van der Waals surface area contributed by atoms with Gasteiger partial charge in [0.15, 0.2) is 0 Å². The van der Waals surface area contributed by atoms with Crippen LogP contribution in [0.1, 0.15) is 48.9 Å². The molecule has 1 aliphatic carbocycles. The molecule has 0 fully saturated rings. The lowest BCUT2D eigenvalue weighted by Gasteiger charge is -2.17. The van der Waals surface area contributed by atoms with E-state index in [4.69, 9.17) is 0 Å². The SMILES string of the molecule is CCCc1cc(CCC)c2c(c1)CC([Si](C)(C)C)=C2. The van der Waals surface area contributed by atoms with Crippen molar-refractivity contribution in [2.24, 2.45) is 0 Å². The van der Waals surface area contributed by atoms with E-state index in [1.807, 2.05) is 0 Å². The van der Waals surface area contributed by atoms with Crippen LogP contribution in [0.15, 0.2) is 17.3 Å². The summed E-state index contributed by atoms with van der Waals surface area (Å²) >= 11 is 0. The molecule has 0 N–H and O–H groups in total. The Labute approximate surface area is 119 Å². The molecule has 2 rings (SSSR count). The second-order valence-electron chi connectivity index (χ2n) is 6.92. The number of aryl methyl sites for hydroxylation is 2. The molecule has 1 heteroatoms. The Kier molecular flexibility index (Phi) is 4.35. The van der Waals surface area contributed by atoms with Gasteiger partial charge in [-0.3, -0.25) is 0 Å². The number of rotatable bonds is 5. The number of fused-ring (bicyclic) bond motifs is 1. The molecule has 0 spiro atoms.